The fraction of sp³-hybridized carbons (Fsp3) is 0.647. The van der Waals surface area contributed by atoms with E-state index in [2.05, 4.69) is 42.1 Å². The van der Waals surface area contributed by atoms with Crippen molar-refractivity contribution in [1.82, 2.24) is 9.97 Å². The average molecular weight is 305 g/mol. The Morgan fingerprint density at radius 2 is 2.14 bits per heavy atom. The zero-order valence-corrected chi connectivity index (χ0v) is 14.1. The molecule has 0 bridgehead atoms. The number of nitrogens with one attached hydrogen (secondary N) is 1. The zero-order valence-electron chi connectivity index (χ0n) is 14.1. The molecule has 5 heteroatoms. The standard InChI is InChI=1S/C17H27N3O2/c1-17(2,3)16-19-14(12-21-4)11-15(20-16)18-8-5-13-6-9-22-10-7-13/h6,11H,5,7-10,12H2,1-4H3,(H,18,19,20). The molecule has 22 heavy (non-hydrogen) atoms. The molecule has 0 aliphatic carbocycles. The lowest BCUT2D eigenvalue weighted by Crippen LogP contribution is -2.19. The summed E-state index contributed by atoms with van der Waals surface area (Å²) in [7, 11) is 1.68. The summed E-state index contributed by atoms with van der Waals surface area (Å²) in [5, 5.41) is 3.41. The molecule has 0 spiro atoms. The van der Waals surface area contributed by atoms with Gasteiger partial charge in [-0.1, -0.05) is 32.4 Å². The number of rotatable bonds is 6. The molecule has 1 N–H and O–H groups in total. The highest BCUT2D eigenvalue weighted by Gasteiger charge is 2.19. The number of methoxy groups -OCH3 is 1. The molecule has 0 amide bonds. The van der Waals surface area contributed by atoms with E-state index >= 15 is 0 Å². The van der Waals surface area contributed by atoms with Crippen LogP contribution < -0.4 is 5.32 Å². The predicted octanol–water partition coefficient (Wildman–Crippen LogP) is 3.07. The van der Waals surface area contributed by atoms with Crippen molar-refractivity contribution in [3.05, 3.63) is 29.2 Å². The summed E-state index contributed by atoms with van der Waals surface area (Å²) < 4.78 is 10.5. The van der Waals surface area contributed by atoms with Gasteiger partial charge < -0.3 is 14.8 Å². The molecule has 0 unspecified atom stereocenters. The van der Waals surface area contributed by atoms with E-state index in [0.717, 1.165) is 49.9 Å². The smallest absolute Gasteiger partial charge is 0.136 e. The predicted molar refractivity (Wildman–Crippen MR) is 88.1 cm³/mol. The molecule has 1 aromatic heterocycles. The Labute approximate surface area is 133 Å². The van der Waals surface area contributed by atoms with Gasteiger partial charge in [0.2, 0.25) is 0 Å². The topological polar surface area (TPSA) is 56.3 Å². The number of nitrogens with zero attached hydrogens (tertiary/aromatic N) is 2. The van der Waals surface area contributed by atoms with E-state index in [-0.39, 0.29) is 5.41 Å². The average Bonchev–Trinajstić information content (AvgIpc) is 2.48. The lowest BCUT2D eigenvalue weighted by atomic mass is 9.95. The Bertz CT molecular complexity index is 521. The summed E-state index contributed by atoms with van der Waals surface area (Å²) in [6, 6.07) is 1.97. The molecular weight excluding hydrogens is 278 g/mol. The molecule has 0 aromatic carbocycles. The Morgan fingerprint density at radius 1 is 1.32 bits per heavy atom. The van der Waals surface area contributed by atoms with Crippen molar-refractivity contribution in [1.29, 1.82) is 0 Å². The Balaban J connectivity index is 2.02. The van der Waals surface area contributed by atoms with Gasteiger partial charge in [-0.2, -0.15) is 0 Å². The first-order valence-electron chi connectivity index (χ1n) is 7.86. The molecule has 5 nitrogen and oxygen atoms in total. The Morgan fingerprint density at radius 3 is 2.77 bits per heavy atom. The van der Waals surface area contributed by atoms with Crippen molar-refractivity contribution < 1.29 is 9.47 Å². The molecule has 2 heterocycles. The summed E-state index contributed by atoms with van der Waals surface area (Å²) in [6.07, 6.45) is 4.24. The van der Waals surface area contributed by atoms with Gasteiger partial charge in [0.1, 0.15) is 11.6 Å². The third kappa shape index (κ3) is 5.07. The van der Waals surface area contributed by atoms with Gasteiger partial charge in [0, 0.05) is 25.1 Å². The van der Waals surface area contributed by atoms with Crippen molar-refractivity contribution >= 4 is 5.82 Å². The maximum absolute atomic E-state index is 5.33. The van der Waals surface area contributed by atoms with Gasteiger partial charge in [-0.3, -0.25) is 0 Å². The van der Waals surface area contributed by atoms with E-state index < -0.39 is 0 Å². The second-order valence-electron chi connectivity index (χ2n) is 6.62. The van der Waals surface area contributed by atoms with Crippen molar-refractivity contribution in [2.75, 3.05) is 32.2 Å². The highest BCUT2D eigenvalue weighted by atomic mass is 16.5. The van der Waals surface area contributed by atoms with Crippen molar-refractivity contribution in [2.24, 2.45) is 0 Å². The number of hydrogen-bond acceptors (Lipinski definition) is 5. The number of aromatic nitrogens is 2. The van der Waals surface area contributed by atoms with Crippen LogP contribution in [0.25, 0.3) is 0 Å². The molecule has 122 valence electrons. The molecule has 0 saturated heterocycles. The molecule has 1 aliphatic heterocycles. The van der Waals surface area contributed by atoms with Crippen LogP contribution in [-0.4, -0.2) is 36.8 Å². The normalized spacial score (nSPS) is 15.5. The Kier molecular flexibility index (Phi) is 5.91. The van der Waals surface area contributed by atoms with Crippen molar-refractivity contribution in [3.63, 3.8) is 0 Å². The third-order valence-corrected chi connectivity index (χ3v) is 3.55. The number of ether oxygens (including phenoxy) is 2. The minimum absolute atomic E-state index is 0.0799. The van der Waals surface area contributed by atoms with Gasteiger partial charge in [0.25, 0.3) is 0 Å². The molecular formula is C17H27N3O2. The van der Waals surface area contributed by atoms with Crippen LogP contribution in [0.1, 0.15) is 45.1 Å². The minimum atomic E-state index is -0.0799. The maximum atomic E-state index is 5.33. The number of anilines is 1. The van der Waals surface area contributed by atoms with Gasteiger partial charge in [-0.05, 0) is 12.8 Å². The molecule has 1 aromatic rings. The number of hydrogen-bond donors (Lipinski definition) is 1. The summed E-state index contributed by atoms with van der Waals surface area (Å²) >= 11 is 0. The molecule has 0 saturated carbocycles. The molecule has 0 radical (unpaired) electrons. The summed E-state index contributed by atoms with van der Waals surface area (Å²) in [5.74, 6) is 1.72. The Hall–Kier alpha value is -1.46. The van der Waals surface area contributed by atoms with E-state index in [1.165, 1.54) is 5.57 Å². The van der Waals surface area contributed by atoms with Crippen LogP contribution >= 0.6 is 0 Å². The molecule has 0 atom stereocenters. The van der Waals surface area contributed by atoms with E-state index in [4.69, 9.17) is 9.47 Å². The van der Waals surface area contributed by atoms with Crippen LogP contribution in [0.15, 0.2) is 17.7 Å². The van der Waals surface area contributed by atoms with Gasteiger partial charge in [-0.25, -0.2) is 9.97 Å². The lowest BCUT2D eigenvalue weighted by molar-refractivity contribution is 0.153. The first-order valence-corrected chi connectivity index (χ1v) is 7.86. The van der Waals surface area contributed by atoms with Gasteiger partial charge in [0.05, 0.1) is 25.5 Å². The van der Waals surface area contributed by atoms with Crippen LogP contribution in [-0.2, 0) is 21.5 Å². The highest BCUT2D eigenvalue weighted by Crippen LogP contribution is 2.21. The molecule has 0 fully saturated rings. The van der Waals surface area contributed by atoms with Crippen molar-refractivity contribution in [2.45, 2.75) is 45.6 Å². The fourth-order valence-electron chi connectivity index (χ4n) is 2.29. The fourth-order valence-corrected chi connectivity index (χ4v) is 2.29. The van der Waals surface area contributed by atoms with Gasteiger partial charge in [-0.15, -0.1) is 0 Å². The first-order chi connectivity index (χ1) is 10.5. The highest BCUT2D eigenvalue weighted by molar-refractivity contribution is 5.37. The third-order valence-electron chi connectivity index (χ3n) is 3.55. The largest absolute Gasteiger partial charge is 0.378 e. The van der Waals surface area contributed by atoms with Gasteiger partial charge >= 0.3 is 0 Å². The van der Waals surface area contributed by atoms with Crippen LogP contribution in [0.5, 0.6) is 0 Å². The summed E-state index contributed by atoms with van der Waals surface area (Å²) in [5.41, 5.74) is 2.29. The molecule has 2 rings (SSSR count). The summed E-state index contributed by atoms with van der Waals surface area (Å²) in [6.45, 7) is 9.32. The van der Waals surface area contributed by atoms with E-state index in [1.54, 1.807) is 7.11 Å². The van der Waals surface area contributed by atoms with Gasteiger partial charge in [0.15, 0.2) is 0 Å². The first kappa shape index (κ1) is 16.9. The van der Waals surface area contributed by atoms with Crippen LogP contribution in [0, 0.1) is 0 Å². The van der Waals surface area contributed by atoms with Crippen LogP contribution in [0.2, 0.25) is 0 Å². The minimum Gasteiger partial charge on any atom is -0.378 e. The van der Waals surface area contributed by atoms with Crippen LogP contribution in [0.4, 0.5) is 5.82 Å². The lowest BCUT2D eigenvalue weighted by Gasteiger charge is -2.19. The summed E-state index contributed by atoms with van der Waals surface area (Å²) in [4.78, 5) is 9.24. The quantitative estimate of drug-likeness (QED) is 0.819. The van der Waals surface area contributed by atoms with E-state index in [0.29, 0.717) is 6.61 Å². The SMILES string of the molecule is COCc1cc(NCCC2=CCOCC2)nc(C(C)(C)C)n1. The van der Waals surface area contributed by atoms with Crippen molar-refractivity contribution in [3.8, 4) is 0 Å². The zero-order chi connectivity index (χ0) is 16.0. The second-order valence-corrected chi connectivity index (χ2v) is 6.62. The van der Waals surface area contributed by atoms with Crippen LogP contribution in [0.3, 0.4) is 0 Å². The molecule has 1 aliphatic rings. The van der Waals surface area contributed by atoms with E-state index in [9.17, 15) is 0 Å². The maximum Gasteiger partial charge on any atom is 0.136 e. The second kappa shape index (κ2) is 7.70. The van der Waals surface area contributed by atoms with E-state index in [1.807, 2.05) is 6.07 Å². The monoisotopic (exact) mass is 305 g/mol.